The maximum absolute atomic E-state index is 9.42. The zero-order valence-corrected chi connectivity index (χ0v) is 12.5. The Bertz CT molecular complexity index is 343. The fraction of sp³-hybridized carbons (Fsp3) is 0.765. The van der Waals surface area contributed by atoms with E-state index in [1.807, 2.05) is 0 Å². The Morgan fingerprint density at radius 3 is 2.75 bits per heavy atom. The monoisotopic (exact) mass is 279 g/mol. The molecule has 0 amide bonds. The molecule has 3 nitrogen and oxygen atoms in total. The summed E-state index contributed by atoms with van der Waals surface area (Å²) in [5, 5.41) is 9.42. The molecule has 2 rings (SSSR count). The largest absolute Gasteiger partial charge is 0.494 e. The molecule has 3 heteroatoms. The third kappa shape index (κ3) is 4.95. The first-order valence-electron chi connectivity index (χ1n) is 8.16. The van der Waals surface area contributed by atoms with Crippen LogP contribution in [0.4, 0.5) is 0 Å². The van der Waals surface area contributed by atoms with Crippen LogP contribution in [0.1, 0.15) is 51.4 Å². The van der Waals surface area contributed by atoms with E-state index in [0.29, 0.717) is 0 Å². The summed E-state index contributed by atoms with van der Waals surface area (Å²) in [7, 11) is 0. The molecule has 0 aromatic heterocycles. The average molecular weight is 279 g/mol. The molecule has 20 heavy (non-hydrogen) atoms. The molecule has 1 fully saturated rings. The maximum atomic E-state index is 9.42. The van der Waals surface area contributed by atoms with E-state index in [0.717, 1.165) is 44.1 Å². The van der Waals surface area contributed by atoms with Crippen molar-refractivity contribution in [3.8, 4) is 0 Å². The van der Waals surface area contributed by atoms with E-state index >= 15 is 0 Å². The van der Waals surface area contributed by atoms with Gasteiger partial charge in [0.15, 0.2) is 0 Å². The Hall–Kier alpha value is -0.800. The van der Waals surface area contributed by atoms with Gasteiger partial charge in [0.05, 0.1) is 6.61 Å². The SMILES string of the molecule is NCCCC1=CC(OCC2CCCCC2)=CC(CO)C1. The first-order valence-corrected chi connectivity index (χ1v) is 8.16. The highest BCUT2D eigenvalue weighted by atomic mass is 16.5. The minimum Gasteiger partial charge on any atom is -0.494 e. The van der Waals surface area contributed by atoms with Crippen LogP contribution in [-0.2, 0) is 4.74 Å². The van der Waals surface area contributed by atoms with Crippen molar-refractivity contribution < 1.29 is 9.84 Å². The highest BCUT2D eigenvalue weighted by molar-refractivity contribution is 5.25. The lowest BCUT2D eigenvalue weighted by Gasteiger charge is -2.25. The van der Waals surface area contributed by atoms with Crippen LogP contribution in [0.25, 0.3) is 0 Å². The van der Waals surface area contributed by atoms with E-state index in [-0.39, 0.29) is 12.5 Å². The van der Waals surface area contributed by atoms with Gasteiger partial charge in [0.2, 0.25) is 0 Å². The van der Waals surface area contributed by atoms with Gasteiger partial charge < -0.3 is 15.6 Å². The number of ether oxygens (including phenoxy) is 1. The third-order valence-electron chi connectivity index (χ3n) is 4.42. The predicted molar refractivity (Wildman–Crippen MR) is 82.2 cm³/mol. The standard InChI is InChI=1S/C17H29NO2/c18-8-4-7-15-9-16(12-19)11-17(10-15)20-13-14-5-2-1-3-6-14/h10-11,14,16,19H,1-9,12-13,18H2. The molecule has 1 atom stereocenters. The molecule has 3 N–H and O–H groups in total. The molecule has 1 saturated carbocycles. The predicted octanol–water partition coefficient (Wildman–Crippen LogP) is 3.14. The van der Waals surface area contributed by atoms with Gasteiger partial charge in [0.25, 0.3) is 0 Å². The van der Waals surface area contributed by atoms with Crippen LogP contribution < -0.4 is 5.73 Å². The minimum atomic E-state index is 0.205. The first kappa shape index (κ1) is 15.6. The van der Waals surface area contributed by atoms with Gasteiger partial charge in [-0.15, -0.1) is 0 Å². The highest BCUT2D eigenvalue weighted by Gasteiger charge is 2.18. The number of hydrogen-bond donors (Lipinski definition) is 2. The zero-order valence-electron chi connectivity index (χ0n) is 12.5. The zero-order chi connectivity index (χ0) is 14.2. The summed E-state index contributed by atoms with van der Waals surface area (Å²) >= 11 is 0. The summed E-state index contributed by atoms with van der Waals surface area (Å²) in [4.78, 5) is 0. The molecule has 0 aromatic carbocycles. The fourth-order valence-corrected chi connectivity index (χ4v) is 3.21. The number of aliphatic hydroxyl groups excluding tert-OH is 1. The van der Waals surface area contributed by atoms with Crippen LogP contribution in [0.5, 0.6) is 0 Å². The van der Waals surface area contributed by atoms with E-state index in [9.17, 15) is 5.11 Å². The Morgan fingerprint density at radius 1 is 1.25 bits per heavy atom. The normalized spacial score (nSPS) is 24.2. The van der Waals surface area contributed by atoms with Crippen LogP contribution >= 0.6 is 0 Å². The summed E-state index contributed by atoms with van der Waals surface area (Å²) in [6, 6.07) is 0. The number of nitrogens with two attached hydrogens (primary N) is 1. The van der Waals surface area contributed by atoms with E-state index < -0.39 is 0 Å². The average Bonchev–Trinajstić information content (AvgIpc) is 2.51. The van der Waals surface area contributed by atoms with Crippen LogP contribution in [0.3, 0.4) is 0 Å². The van der Waals surface area contributed by atoms with Crippen molar-refractivity contribution in [2.75, 3.05) is 19.8 Å². The molecule has 2 aliphatic rings. The molecule has 0 bridgehead atoms. The summed E-state index contributed by atoms with van der Waals surface area (Å²) < 4.78 is 6.01. The van der Waals surface area contributed by atoms with Gasteiger partial charge >= 0.3 is 0 Å². The fourth-order valence-electron chi connectivity index (χ4n) is 3.21. The molecule has 0 saturated heterocycles. The molecule has 1 unspecified atom stereocenters. The smallest absolute Gasteiger partial charge is 0.115 e. The van der Waals surface area contributed by atoms with E-state index in [1.165, 1.54) is 37.7 Å². The van der Waals surface area contributed by atoms with Gasteiger partial charge in [-0.1, -0.05) is 24.8 Å². The summed E-state index contributed by atoms with van der Waals surface area (Å²) in [6.45, 7) is 1.77. The van der Waals surface area contributed by atoms with Crippen LogP contribution in [0.2, 0.25) is 0 Å². The van der Waals surface area contributed by atoms with E-state index in [4.69, 9.17) is 10.5 Å². The first-order chi connectivity index (χ1) is 9.81. The molecule has 0 aromatic rings. The number of rotatable bonds is 7. The Labute approximate surface area is 122 Å². The van der Waals surface area contributed by atoms with Crippen molar-refractivity contribution in [2.24, 2.45) is 17.6 Å². The lowest BCUT2D eigenvalue weighted by atomic mass is 9.89. The second kappa shape index (κ2) is 8.48. The molecule has 114 valence electrons. The molecule has 0 aliphatic heterocycles. The topological polar surface area (TPSA) is 55.5 Å². The van der Waals surface area contributed by atoms with Crippen molar-refractivity contribution in [2.45, 2.75) is 51.4 Å². The second-order valence-electron chi connectivity index (χ2n) is 6.23. The van der Waals surface area contributed by atoms with Crippen molar-refractivity contribution in [3.63, 3.8) is 0 Å². The van der Waals surface area contributed by atoms with Gasteiger partial charge in [-0.3, -0.25) is 0 Å². The van der Waals surface area contributed by atoms with Gasteiger partial charge in [-0.25, -0.2) is 0 Å². The van der Waals surface area contributed by atoms with E-state index in [1.54, 1.807) is 0 Å². The molecule has 2 aliphatic carbocycles. The van der Waals surface area contributed by atoms with Crippen LogP contribution in [-0.4, -0.2) is 24.9 Å². The van der Waals surface area contributed by atoms with Crippen molar-refractivity contribution >= 4 is 0 Å². The Kier molecular flexibility index (Phi) is 6.61. The third-order valence-corrected chi connectivity index (χ3v) is 4.42. The summed E-state index contributed by atoms with van der Waals surface area (Å²) in [5.74, 6) is 1.90. The Balaban J connectivity index is 1.86. The van der Waals surface area contributed by atoms with Gasteiger partial charge in [0.1, 0.15) is 5.76 Å². The summed E-state index contributed by atoms with van der Waals surface area (Å²) in [5.41, 5.74) is 6.95. The lowest BCUT2D eigenvalue weighted by molar-refractivity contribution is 0.144. The molecule has 0 spiro atoms. The molecule has 0 radical (unpaired) electrons. The second-order valence-corrected chi connectivity index (χ2v) is 6.23. The van der Waals surface area contributed by atoms with Crippen LogP contribution in [0, 0.1) is 11.8 Å². The number of aliphatic hydroxyl groups is 1. The lowest BCUT2D eigenvalue weighted by Crippen LogP contribution is -2.16. The van der Waals surface area contributed by atoms with Gasteiger partial charge in [-0.2, -0.15) is 0 Å². The van der Waals surface area contributed by atoms with E-state index in [2.05, 4.69) is 12.2 Å². The van der Waals surface area contributed by atoms with Gasteiger partial charge in [0, 0.05) is 12.5 Å². The highest BCUT2D eigenvalue weighted by Crippen LogP contribution is 2.28. The molecular formula is C17H29NO2. The van der Waals surface area contributed by atoms with Gasteiger partial charge in [-0.05, 0) is 56.7 Å². The minimum absolute atomic E-state index is 0.205. The Morgan fingerprint density at radius 2 is 2.05 bits per heavy atom. The number of hydrogen-bond acceptors (Lipinski definition) is 3. The van der Waals surface area contributed by atoms with Crippen molar-refractivity contribution in [3.05, 3.63) is 23.5 Å². The van der Waals surface area contributed by atoms with Crippen molar-refractivity contribution in [1.29, 1.82) is 0 Å². The molecular weight excluding hydrogens is 250 g/mol. The van der Waals surface area contributed by atoms with Crippen molar-refractivity contribution in [1.82, 2.24) is 0 Å². The maximum Gasteiger partial charge on any atom is 0.115 e. The quantitative estimate of drug-likeness (QED) is 0.752. The van der Waals surface area contributed by atoms with Crippen LogP contribution in [0.15, 0.2) is 23.5 Å². The molecule has 0 heterocycles. The summed E-state index contributed by atoms with van der Waals surface area (Å²) in [6.07, 6.45) is 14.0. The number of allylic oxidation sites excluding steroid dienone is 2.